The Kier molecular flexibility index (Phi) is 18.6. The molecule has 0 bridgehead atoms. The van der Waals surface area contributed by atoms with E-state index in [-0.39, 0.29) is 5.97 Å². The summed E-state index contributed by atoms with van der Waals surface area (Å²) >= 11 is 0. The average molecular weight is 523 g/mol. The molecule has 1 atom stereocenters. The highest BCUT2D eigenvalue weighted by molar-refractivity contribution is 5.69. The topological polar surface area (TPSA) is 26.3 Å². The second-order valence-electron chi connectivity index (χ2n) is 12.0. The average Bonchev–Trinajstić information content (AvgIpc) is 2.86. The Hall–Kier alpha value is -2.09. The Morgan fingerprint density at radius 1 is 0.921 bits per heavy atom. The Balaban J connectivity index is 2.06. The lowest BCUT2D eigenvalue weighted by Gasteiger charge is -2.38. The van der Waals surface area contributed by atoms with Gasteiger partial charge in [-0.15, -0.1) is 0 Å². The number of carbonyl (C=O) groups is 1. The van der Waals surface area contributed by atoms with Crippen molar-refractivity contribution < 1.29 is 9.53 Å². The van der Waals surface area contributed by atoms with Gasteiger partial charge in [-0.3, -0.25) is 4.79 Å². The first-order valence-electron chi connectivity index (χ1n) is 15.3. The van der Waals surface area contributed by atoms with Gasteiger partial charge >= 0.3 is 5.97 Å². The lowest BCUT2D eigenvalue weighted by molar-refractivity contribution is -0.142. The molecule has 0 fully saturated rings. The van der Waals surface area contributed by atoms with Crippen LogP contribution in [0.15, 0.2) is 71.9 Å². The lowest BCUT2D eigenvalue weighted by atomic mass is 9.67. The third kappa shape index (κ3) is 16.7. The summed E-state index contributed by atoms with van der Waals surface area (Å²) in [6, 6.07) is 0. The minimum atomic E-state index is -0.0583. The van der Waals surface area contributed by atoms with Crippen LogP contribution in [0.4, 0.5) is 0 Å². The molecule has 0 aromatic heterocycles. The van der Waals surface area contributed by atoms with E-state index in [1.165, 1.54) is 68.9 Å². The van der Waals surface area contributed by atoms with Gasteiger partial charge in [-0.1, -0.05) is 112 Å². The summed E-state index contributed by atoms with van der Waals surface area (Å²) in [6.07, 6.45) is 34.1. The van der Waals surface area contributed by atoms with Crippen LogP contribution in [0.1, 0.15) is 131 Å². The van der Waals surface area contributed by atoms with Gasteiger partial charge in [0, 0.05) is 6.42 Å². The zero-order valence-electron chi connectivity index (χ0n) is 25.5. The first-order valence-corrected chi connectivity index (χ1v) is 15.3. The van der Waals surface area contributed by atoms with E-state index in [0.29, 0.717) is 24.4 Å². The summed E-state index contributed by atoms with van der Waals surface area (Å²) < 4.78 is 5.43. The Labute approximate surface area is 236 Å². The minimum Gasteiger partial charge on any atom is -0.461 e. The minimum absolute atomic E-state index is 0.0583. The molecule has 1 unspecified atom stereocenters. The number of allylic oxidation sites excluding steroid dienone is 10. The number of carbonyl (C=O) groups excluding carboxylic acids is 1. The van der Waals surface area contributed by atoms with Gasteiger partial charge in [-0.25, -0.2) is 0 Å². The molecule has 2 heteroatoms. The van der Waals surface area contributed by atoms with Crippen LogP contribution in [0.2, 0.25) is 0 Å². The SMILES string of the molecule is C=CC=CC=CCCCCCCCCCC(=O)OCC=C(C)CCC=C(C)CCC1C(C)=CCCC1(C)C. The van der Waals surface area contributed by atoms with Gasteiger partial charge in [-0.2, -0.15) is 0 Å². The van der Waals surface area contributed by atoms with Crippen molar-refractivity contribution in [2.75, 3.05) is 6.61 Å². The molecule has 1 rings (SSSR count). The maximum Gasteiger partial charge on any atom is 0.306 e. The maximum absolute atomic E-state index is 12.0. The molecule has 0 N–H and O–H groups in total. The van der Waals surface area contributed by atoms with E-state index < -0.39 is 0 Å². The van der Waals surface area contributed by atoms with Gasteiger partial charge in [0.2, 0.25) is 0 Å². The van der Waals surface area contributed by atoms with Gasteiger partial charge in [0.15, 0.2) is 0 Å². The fraction of sp³-hybridized carbons (Fsp3) is 0.639. The van der Waals surface area contributed by atoms with Gasteiger partial charge in [0.25, 0.3) is 0 Å². The molecule has 0 heterocycles. The van der Waals surface area contributed by atoms with Crippen molar-refractivity contribution in [1.82, 2.24) is 0 Å². The predicted octanol–water partition coefficient (Wildman–Crippen LogP) is 11.2. The van der Waals surface area contributed by atoms with Crippen molar-refractivity contribution in [3.63, 3.8) is 0 Å². The summed E-state index contributed by atoms with van der Waals surface area (Å²) in [5, 5.41) is 0. The second-order valence-corrected chi connectivity index (χ2v) is 12.0. The standard InChI is InChI=1S/C36H58O2/c1-7-8-9-10-11-12-13-14-15-16-17-18-19-25-35(37)38-30-28-32(3)23-20-22-31(2)26-27-34-33(4)24-21-29-36(34,5)6/h7-11,22,24,28,34H,1,12-21,23,25-27,29-30H2,2-6H3. The molecule has 0 aliphatic heterocycles. The van der Waals surface area contributed by atoms with Gasteiger partial charge in [0.1, 0.15) is 6.61 Å². The monoisotopic (exact) mass is 522 g/mol. The van der Waals surface area contributed by atoms with Crippen LogP contribution in [0.3, 0.4) is 0 Å². The molecular formula is C36H58O2. The first-order chi connectivity index (χ1) is 18.3. The zero-order chi connectivity index (χ0) is 28.1. The summed E-state index contributed by atoms with van der Waals surface area (Å²) in [6.45, 7) is 15.7. The maximum atomic E-state index is 12.0. The van der Waals surface area contributed by atoms with Crippen molar-refractivity contribution in [3.05, 3.63) is 71.9 Å². The van der Waals surface area contributed by atoms with Crippen molar-refractivity contribution in [2.45, 2.75) is 131 Å². The van der Waals surface area contributed by atoms with Gasteiger partial charge in [0.05, 0.1) is 0 Å². The fourth-order valence-corrected chi connectivity index (χ4v) is 5.43. The van der Waals surface area contributed by atoms with E-state index in [4.69, 9.17) is 4.74 Å². The molecular weight excluding hydrogens is 464 g/mol. The predicted molar refractivity (Wildman–Crippen MR) is 167 cm³/mol. The third-order valence-electron chi connectivity index (χ3n) is 8.03. The van der Waals surface area contributed by atoms with Crippen LogP contribution < -0.4 is 0 Å². The summed E-state index contributed by atoms with van der Waals surface area (Å²) in [5.41, 5.74) is 4.82. The van der Waals surface area contributed by atoms with E-state index in [0.717, 1.165) is 32.1 Å². The smallest absolute Gasteiger partial charge is 0.306 e. The van der Waals surface area contributed by atoms with E-state index in [1.54, 1.807) is 11.6 Å². The van der Waals surface area contributed by atoms with Gasteiger partial charge < -0.3 is 4.74 Å². The summed E-state index contributed by atoms with van der Waals surface area (Å²) in [4.78, 5) is 12.0. The number of esters is 1. The molecule has 1 aliphatic carbocycles. The first kappa shape index (κ1) is 33.9. The second kappa shape index (κ2) is 20.8. The molecule has 214 valence electrons. The quantitative estimate of drug-likeness (QED) is 0.0687. The fourth-order valence-electron chi connectivity index (χ4n) is 5.43. The Bertz CT molecular complexity index is 818. The third-order valence-corrected chi connectivity index (χ3v) is 8.03. The normalized spacial score (nSPS) is 18.2. The Morgan fingerprint density at radius 2 is 1.61 bits per heavy atom. The zero-order valence-corrected chi connectivity index (χ0v) is 25.5. The van der Waals surface area contributed by atoms with E-state index in [9.17, 15) is 4.79 Å². The van der Waals surface area contributed by atoms with E-state index in [2.05, 4.69) is 71.6 Å². The van der Waals surface area contributed by atoms with Crippen molar-refractivity contribution >= 4 is 5.97 Å². The van der Waals surface area contributed by atoms with Crippen LogP contribution >= 0.6 is 0 Å². The highest BCUT2D eigenvalue weighted by Crippen LogP contribution is 2.43. The van der Waals surface area contributed by atoms with Crippen LogP contribution in [0.25, 0.3) is 0 Å². The molecule has 38 heavy (non-hydrogen) atoms. The molecule has 1 aliphatic rings. The van der Waals surface area contributed by atoms with Crippen molar-refractivity contribution in [2.24, 2.45) is 11.3 Å². The highest BCUT2D eigenvalue weighted by Gasteiger charge is 2.32. The lowest BCUT2D eigenvalue weighted by Crippen LogP contribution is -2.27. The van der Waals surface area contributed by atoms with Crippen molar-refractivity contribution in [1.29, 1.82) is 0 Å². The van der Waals surface area contributed by atoms with Crippen LogP contribution in [0, 0.1) is 11.3 Å². The summed E-state index contributed by atoms with van der Waals surface area (Å²) in [5.74, 6) is 0.654. The molecule has 0 amide bonds. The molecule has 0 saturated heterocycles. The van der Waals surface area contributed by atoms with Crippen molar-refractivity contribution in [3.8, 4) is 0 Å². The largest absolute Gasteiger partial charge is 0.461 e. The number of hydrogen-bond donors (Lipinski definition) is 0. The van der Waals surface area contributed by atoms with Gasteiger partial charge in [-0.05, 0) is 96.0 Å². The molecule has 0 radical (unpaired) electrons. The molecule has 0 aromatic rings. The number of hydrogen-bond acceptors (Lipinski definition) is 2. The molecule has 0 saturated carbocycles. The van der Waals surface area contributed by atoms with E-state index >= 15 is 0 Å². The number of rotatable bonds is 20. The molecule has 0 spiro atoms. The highest BCUT2D eigenvalue weighted by atomic mass is 16.5. The van der Waals surface area contributed by atoms with E-state index in [1.807, 2.05) is 12.2 Å². The number of unbranched alkanes of at least 4 members (excludes halogenated alkanes) is 7. The van der Waals surface area contributed by atoms with Crippen LogP contribution in [-0.2, 0) is 9.53 Å². The van der Waals surface area contributed by atoms with Crippen LogP contribution in [0.5, 0.6) is 0 Å². The Morgan fingerprint density at radius 3 is 2.32 bits per heavy atom. The molecule has 0 aromatic carbocycles. The van der Waals surface area contributed by atoms with Crippen LogP contribution in [-0.4, -0.2) is 12.6 Å². The summed E-state index contributed by atoms with van der Waals surface area (Å²) in [7, 11) is 0. The molecule has 2 nitrogen and oxygen atoms in total. The number of ether oxygens (including phenoxy) is 1.